The van der Waals surface area contributed by atoms with Crippen LogP contribution in [0, 0.1) is 5.82 Å². The number of primary amides is 1. The standard InChI is InChI=1S/C25H20F4N6O4/c1-23(22(30)37)12-39-20-16(23)8-18(34-19(20)13-2-4-14(26)5-3-13)24(38,25(27,28)29)11-32-21(36)15-9-33-35-7-6-31-10-17(15)35/h2-10,38H,11-12H2,1H3,(H2,30,37)(H,32,36)/t23-,24?/m0/s1. The first kappa shape index (κ1) is 26.0. The normalized spacial score (nSPS) is 18.3. The summed E-state index contributed by atoms with van der Waals surface area (Å²) in [4.78, 5) is 33.1. The lowest BCUT2D eigenvalue weighted by Crippen LogP contribution is -2.51. The molecule has 1 aromatic carbocycles. The zero-order valence-corrected chi connectivity index (χ0v) is 20.2. The van der Waals surface area contributed by atoms with E-state index in [1.807, 2.05) is 0 Å². The lowest BCUT2D eigenvalue weighted by atomic mass is 9.81. The Morgan fingerprint density at radius 1 is 1.23 bits per heavy atom. The molecule has 10 nitrogen and oxygen atoms in total. The molecule has 1 unspecified atom stereocenters. The van der Waals surface area contributed by atoms with E-state index in [4.69, 9.17) is 10.5 Å². The number of hydrogen-bond donors (Lipinski definition) is 3. The van der Waals surface area contributed by atoms with E-state index >= 15 is 0 Å². The maximum atomic E-state index is 14.5. The Hall–Kier alpha value is -4.59. The molecule has 2 amide bonds. The molecule has 202 valence electrons. The average molecular weight is 544 g/mol. The number of nitrogens with two attached hydrogens (primary N) is 1. The number of amides is 2. The van der Waals surface area contributed by atoms with Gasteiger partial charge < -0.3 is 20.9 Å². The SMILES string of the molecule is C[C@]1(C(N)=O)COc2c1cc(C(O)(CNC(=O)c1cnn3ccncc13)C(F)(F)F)nc2-c1ccc(F)cc1. The van der Waals surface area contributed by atoms with E-state index in [9.17, 15) is 32.3 Å². The number of nitrogens with one attached hydrogen (secondary N) is 1. The predicted octanol–water partition coefficient (Wildman–Crippen LogP) is 2.25. The quantitative estimate of drug-likeness (QED) is 0.316. The summed E-state index contributed by atoms with van der Waals surface area (Å²) in [6.45, 7) is -0.246. The van der Waals surface area contributed by atoms with Crippen LogP contribution in [-0.4, -0.2) is 55.8 Å². The van der Waals surface area contributed by atoms with Gasteiger partial charge in [-0.3, -0.25) is 14.6 Å². The second-order valence-corrected chi connectivity index (χ2v) is 9.23. The van der Waals surface area contributed by atoms with E-state index < -0.39 is 47.1 Å². The number of aromatic nitrogens is 4. The van der Waals surface area contributed by atoms with E-state index in [0.29, 0.717) is 0 Å². The highest BCUT2D eigenvalue weighted by Crippen LogP contribution is 2.47. The third kappa shape index (κ3) is 4.22. The number of benzene rings is 1. The summed E-state index contributed by atoms with van der Waals surface area (Å²) in [7, 11) is 0. The number of rotatable bonds is 6. The Kier molecular flexibility index (Phi) is 6.01. The molecular weight excluding hydrogens is 524 g/mol. The van der Waals surface area contributed by atoms with Gasteiger partial charge in [-0.05, 0) is 37.3 Å². The molecule has 3 aromatic heterocycles. The van der Waals surface area contributed by atoms with Gasteiger partial charge in [0.05, 0.1) is 35.7 Å². The molecule has 14 heteroatoms. The summed E-state index contributed by atoms with van der Waals surface area (Å²) in [5.74, 6) is -2.47. The Morgan fingerprint density at radius 2 is 1.95 bits per heavy atom. The highest BCUT2D eigenvalue weighted by molar-refractivity contribution is 6.00. The molecule has 4 N–H and O–H groups in total. The molecular formula is C25H20F4N6O4. The number of hydrogen-bond acceptors (Lipinski definition) is 7. The monoisotopic (exact) mass is 544 g/mol. The Bertz CT molecular complexity index is 1610. The number of carbonyl (C=O) groups excluding carboxylic acids is 2. The molecule has 4 heterocycles. The van der Waals surface area contributed by atoms with Gasteiger partial charge >= 0.3 is 6.18 Å². The smallest absolute Gasteiger partial charge is 0.424 e. The Labute approximate surface area is 217 Å². The number of carbonyl (C=O) groups is 2. The van der Waals surface area contributed by atoms with Gasteiger partial charge in [0.25, 0.3) is 5.91 Å². The molecule has 0 radical (unpaired) electrons. The van der Waals surface area contributed by atoms with E-state index in [1.54, 1.807) is 0 Å². The molecule has 5 rings (SSSR count). The first-order valence-corrected chi connectivity index (χ1v) is 11.4. The number of alkyl halides is 3. The van der Waals surface area contributed by atoms with Gasteiger partial charge in [0.2, 0.25) is 11.5 Å². The van der Waals surface area contributed by atoms with Crippen molar-refractivity contribution in [2.24, 2.45) is 5.73 Å². The van der Waals surface area contributed by atoms with Crippen LogP contribution in [0.3, 0.4) is 0 Å². The van der Waals surface area contributed by atoms with Crippen molar-refractivity contribution in [2.75, 3.05) is 13.2 Å². The Morgan fingerprint density at radius 3 is 2.62 bits per heavy atom. The largest absolute Gasteiger partial charge is 0.489 e. The van der Waals surface area contributed by atoms with E-state index in [-0.39, 0.29) is 40.3 Å². The summed E-state index contributed by atoms with van der Waals surface area (Å²) >= 11 is 0. The van der Waals surface area contributed by atoms with Gasteiger partial charge in [-0.15, -0.1) is 0 Å². The summed E-state index contributed by atoms with van der Waals surface area (Å²) in [6, 6.07) is 5.55. The summed E-state index contributed by atoms with van der Waals surface area (Å²) in [6.07, 6.45) is -0.0332. The number of ether oxygens (including phenoxy) is 1. The van der Waals surface area contributed by atoms with Crippen molar-refractivity contribution in [1.29, 1.82) is 0 Å². The maximum absolute atomic E-state index is 14.5. The first-order chi connectivity index (χ1) is 18.3. The average Bonchev–Trinajstić information content (AvgIpc) is 3.49. The molecule has 1 aliphatic rings. The van der Waals surface area contributed by atoms with Gasteiger partial charge in [-0.25, -0.2) is 13.9 Å². The molecule has 4 aromatic rings. The minimum Gasteiger partial charge on any atom is -0.489 e. The number of halogens is 4. The van der Waals surface area contributed by atoms with Crippen molar-refractivity contribution in [3.63, 3.8) is 0 Å². The molecule has 0 spiro atoms. The van der Waals surface area contributed by atoms with Crippen LogP contribution in [-0.2, 0) is 15.8 Å². The minimum atomic E-state index is -5.34. The second kappa shape index (κ2) is 9.01. The van der Waals surface area contributed by atoms with Crippen molar-refractivity contribution >= 4 is 17.3 Å². The Balaban J connectivity index is 1.61. The summed E-state index contributed by atoms with van der Waals surface area (Å²) < 4.78 is 64.0. The maximum Gasteiger partial charge on any atom is 0.424 e. The van der Waals surface area contributed by atoms with Crippen LogP contribution in [0.15, 0.2) is 55.1 Å². The highest BCUT2D eigenvalue weighted by atomic mass is 19.4. The predicted molar refractivity (Wildman–Crippen MR) is 127 cm³/mol. The number of nitrogens with zero attached hydrogens (tertiary/aromatic N) is 4. The van der Waals surface area contributed by atoms with Crippen LogP contribution in [0.25, 0.3) is 16.8 Å². The van der Waals surface area contributed by atoms with Crippen LogP contribution in [0.4, 0.5) is 17.6 Å². The van der Waals surface area contributed by atoms with Crippen LogP contribution < -0.4 is 15.8 Å². The zero-order valence-electron chi connectivity index (χ0n) is 20.2. The first-order valence-electron chi connectivity index (χ1n) is 11.4. The fourth-order valence-electron chi connectivity index (χ4n) is 4.25. The molecule has 1 aliphatic heterocycles. The summed E-state index contributed by atoms with van der Waals surface area (Å²) in [5.41, 5.74) is -0.526. The van der Waals surface area contributed by atoms with Crippen LogP contribution in [0.1, 0.15) is 28.5 Å². The van der Waals surface area contributed by atoms with Crippen LogP contribution >= 0.6 is 0 Å². The third-order valence-corrected chi connectivity index (χ3v) is 6.70. The van der Waals surface area contributed by atoms with Gasteiger partial charge in [-0.2, -0.15) is 18.3 Å². The number of aliphatic hydroxyl groups is 1. The van der Waals surface area contributed by atoms with Gasteiger partial charge in [0, 0.05) is 23.5 Å². The van der Waals surface area contributed by atoms with Gasteiger partial charge in [0.15, 0.2) is 0 Å². The fourth-order valence-corrected chi connectivity index (χ4v) is 4.25. The van der Waals surface area contributed by atoms with Gasteiger partial charge in [-0.1, -0.05) is 0 Å². The second-order valence-electron chi connectivity index (χ2n) is 9.23. The minimum absolute atomic E-state index is 0.0286. The van der Waals surface area contributed by atoms with Crippen LogP contribution in [0.2, 0.25) is 0 Å². The summed E-state index contributed by atoms with van der Waals surface area (Å²) in [5, 5.41) is 17.1. The molecule has 2 atom stereocenters. The highest BCUT2D eigenvalue weighted by Gasteiger charge is 2.57. The topological polar surface area (TPSA) is 145 Å². The van der Waals surface area contributed by atoms with Gasteiger partial charge in [0.1, 0.15) is 29.3 Å². The van der Waals surface area contributed by atoms with Crippen LogP contribution in [0.5, 0.6) is 5.75 Å². The molecule has 0 saturated carbocycles. The molecule has 0 fully saturated rings. The molecule has 0 saturated heterocycles. The number of fused-ring (bicyclic) bond motifs is 2. The lowest BCUT2D eigenvalue weighted by molar-refractivity contribution is -0.265. The molecule has 0 bridgehead atoms. The van der Waals surface area contributed by atoms with Crippen molar-refractivity contribution in [2.45, 2.75) is 24.1 Å². The van der Waals surface area contributed by atoms with Crippen molar-refractivity contribution in [3.8, 4) is 17.0 Å². The van der Waals surface area contributed by atoms with Crippen molar-refractivity contribution in [3.05, 3.63) is 77.8 Å². The van der Waals surface area contributed by atoms with Crippen molar-refractivity contribution < 1.29 is 37.0 Å². The molecule has 0 aliphatic carbocycles. The number of pyridine rings is 1. The zero-order chi connectivity index (χ0) is 28.2. The van der Waals surface area contributed by atoms with Crippen molar-refractivity contribution in [1.82, 2.24) is 24.9 Å². The van der Waals surface area contributed by atoms with E-state index in [0.717, 1.165) is 24.4 Å². The van der Waals surface area contributed by atoms with E-state index in [2.05, 4.69) is 20.4 Å². The lowest BCUT2D eigenvalue weighted by Gasteiger charge is -2.31. The molecule has 39 heavy (non-hydrogen) atoms. The van der Waals surface area contributed by atoms with E-state index in [1.165, 1.54) is 42.2 Å². The third-order valence-electron chi connectivity index (χ3n) is 6.70. The fraction of sp³-hybridized carbons (Fsp3) is 0.240.